The van der Waals surface area contributed by atoms with E-state index in [9.17, 15) is 4.79 Å². The van der Waals surface area contributed by atoms with E-state index in [0.717, 1.165) is 16.7 Å². The molecule has 2 aromatic heterocycles. The molecule has 0 bridgehead atoms. The van der Waals surface area contributed by atoms with Gasteiger partial charge in [0.1, 0.15) is 6.61 Å². The number of aromatic carboxylic acids is 1. The number of pyridine rings is 1. The Labute approximate surface area is 126 Å². The zero-order valence-corrected chi connectivity index (χ0v) is 11.5. The van der Waals surface area contributed by atoms with Crippen LogP contribution in [0.3, 0.4) is 0 Å². The highest BCUT2D eigenvalue weighted by Gasteiger charge is 2.11. The average Bonchev–Trinajstić information content (AvgIpc) is 3.04. The Hall–Kier alpha value is -3.15. The Bertz CT molecular complexity index is 766. The number of carbonyl (C=O) groups is 1. The van der Waals surface area contributed by atoms with Crippen LogP contribution >= 0.6 is 0 Å². The second kappa shape index (κ2) is 6.09. The fourth-order valence-electron chi connectivity index (χ4n) is 1.91. The van der Waals surface area contributed by atoms with Crippen molar-refractivity contribution in [2.24, 2.45) is 0 Å². The van der Waals surface area contributed by atoms with Gasteiger partial charge in [0, 0.05) is 12.4 Å². The molecular weight excluding hydrogens is 284 g/mol. The van der Waals surface area contributed by atoms with Gasteiger partial charge in [0.2, 0.25) is 5.76 Å². The minimum Gasteiger partial charge on any atom is -0.475 e. The van der Waals surface area contributed by atoms with Crippen LogP contribution in [0.1, 0.15) is 16.1 Å². The van der Waals surface area contributed by atoms with Crippen molar-refractivity contribution in [3.8, 4) is 17.0 Å². The van der Waals surface area contributed by atoms with Crippen molar-refractivity contribution in [1.82, 2.24) is 10.1 Å². The van der Waals surface area contributed by atoms with Gasteiger partial charge in [-0.2, -0.15) is 0 Å². The van der Waals surface area contributed by atoms with Gasteiger partial charge in [-0.1, -0.05) is 30.3 Å². The molecule has 0 saturated carbocycles. The van der Waals surface area contributed by atoms with Gasteiger partial charge in [0.15, 0.2) is 0 Å². The first-order chi connectivity index (χ1) is 10.7. The maximum Gasteiger partial charge on any atom is 0.374 e. The summed E-state index contributed by atoms with van der Waals surface area (Å²) in [5.41, 5.74) is 3.04. The van der Waals surface area contributed by atoms with Crippen LogP contribution < -0.4 is 4.74 Å². The van der Waals surface area contributed by atoms with Crippen molar-refractivity contribution in [3.05, 3.63) is 66.2 Å². The Balaban J connectivity index is 1.65. The maximum atomic E-state index is 10.7. The monoisotopic (exact) mass is 296 g/mol. The zero-order valence-electron chi connectivity index (χ0n) is 11.5. The van der Waals surface area contributed by atoms with Crippen molar-refractivity contribution in [2.75, 3.05) is 0 Å². The summed E-state index contributed by atoms with van der Waals surface area (Å²) in [6.45, 7) is 0.277. The molecule has 0 aliphatic carbocycles. The molecule has 0 atom stereocenters. The highest BCUT2D eigenvalue weighted by molar-refractivity contribution is 5.84. The molecule has 3 aromatic rings. The molecule has 22 heavy (non-hydrogen) atoms. The van der Waals surface area contributed by atoms with E-state index in [0.29, 0.717) is 0 Å². The Morgan fingerprint density at radius 1 is 1.18 bits per heavy atom. The summed E-state index contributed by atoms with van der Waals surface area (Å²) < 4.78 is 10.00. The minimum atomic E-state index is -1.18. The molecule has 0 amide bonds. The fourth-order valence-corrected chi connectivity index (χ4v) is 1.91. The predicted molar refractivity (Wildman–Crippen MR) is 77.5 cm³/mol. The lowest BCUT2D eigenvalue weighted by atomic mass is 10.1. The van der Waals surface area contributed by atoms with Gasteiger partial charge < -0.3 is 14.4 Å². The summed E-state index contributed by atoms with van der Waals surface area (Å²) in [4.78, 5) is 14.8. The lowest BCUT2D eigenvalue weighted by molar-refractivity contribution is 0.0651. The van der Waals surface area contributed by atoms with Gasteiger partial charge in [0.25, 0.3) is 5.88 Å². The number of nitrogens with zero attached hydrogens (tertiary/aromatic N) is 2. The minimum absolute atomic E-state index is 0.147. The highest BCUT2D eigenvalue weighted by Crippen LogP contribution is 2.19. The molecule has 1 aromatic carbocycles. The number of carboxylic acid groups (broad SMARTS) is 1. The molecule has 3 rings (SSSR count). The second-order valence-electron chi connectivity index (χ2n) is 4.56. The van der Waals surface area contributed by atoms with Crippen LogP contribution in [0.25, 0.3) is 11.1 Å². The van der Waals surface area contributed by atoms with Gasteiger partial charge in [-0.3, -0.25) is 4.98 Å². The number of aromatic nitrogens is 2. The highest BCUT2D eigenvalue weighted by atomic mass is 16.5. The van der Waals surface area contributed by atoms with Gasteiger partial charge in [-0.05, 0) is 27.9 Å². The lowest BCUT2D eigenvalue weighted by Crippen LogP contribution is -1.95. The van der Waals surface area contributed by atoms with E-state index in [-0.39, 0.29) is 18.2 Å². The summed E-state index contributed by atoms with van der Waals surface area (Å²) >= 11 is 0. The molecule has 0 aliphatic heterocycles. The normalized spacial score (nSPS) is 10.4. The van der Waals surface area contributed by atoms with Crippen LogP contribution in [0.4, 0.5) is 0 Å². The third-order valence-corrected chi connectivity index (χ3v) is 3.03. The van der Waals surface area contributed by atoms with E-state index in [1.165, 1.54) is 6.07 Å². The van der Waals surface area contributed by atoms with Gasteiger partial charge >= 0.3 is 5.97 Å². The average molecular weight is 296 g/mol. The molecule has 1 N–H and O–H groups in total. The summed E-state index contributed by atoms with van der Waals surface area (Å²) in [6.07, 6.45) is 3.53. The number of rotatable bonds is 5. The first-order valence-corrected chi connectivity index (χ1v) is 6.54. The summed E-state index contributed by atoms with van der Waals surface area (Å²) in [5.74, 6) is -1.28. The number of hydrogen-bond donors (Lipinski definition) is 1. The van der Waals surface area contributed by atoms with Crippen LogP contribution in [-0.4, -0.2) is 21.2 Å². The summed E-state index contributed by atoms with van der Waals surface area (Å²) in [7, 11) is 0. The van der Waals surface area contributed by atoms with Crippen LogP contribution in [0.2, 0.25) is 0 Å². The van der Waals surface area contributed by atoms with E-state index in [1.54, 1.807) is 12.4 Å². The number of ether oxygens (including phenoxy) is 1. The smallest absolute Gasteiger partial charge is 0.374 e. The molecular formula is C16H12N2O4. The zero-order chi connectivity index (χ0) is 15.4. The largest absolute Gasteiger partial charge is 0.475 e. The summed E-state index contributed by atoms with van der Waals surface area (Å²) in [5, 5.41) is 12.3. The molecule has 2 heterocycles. The van der Waals surface area contributed by atoms with Crippen molar-refractivity contribution in [3.63, 3.8) is 0 Å². The molecule has 110 valence electrons. The van der Waals surface area contributed by atoms with Crippen LogP contribution in [0, 0.1) is 0 Å². The second-order valence-corrected chi connectivity index (χ2v) is 4.56. The lowest BCUT2D eigenvalue weighted by Gasteiger charge is -2.04. The van der Waals surface area contributed by atoms with Crippen molar-refractivity contribution in [2.45, 2.75) is 6.61 Å². The third kappa shape index (κ3) is 3.12. The van der Waals surface area contributed by atoms with Crippen molar-refractivity contribution in [1.29, 1.82) is 0 Å². The number of benzene rings is 1. The Kier molecular flexibility index (Phi) is 3.82. The molecule has 0 saturated heterocycles. The van der Waals surface area contributed by atoms with Gasteiger partial charge in [-0.15, -0.1) is 0 Å². The van der Waals surface area contributed by atoms with E-state index in [2.05, 4.69) is 14.7 Å². The number of hydrogen-bond acceptors (Lipinski definition) is 5. The quantitative estimate of drug-likeness (QED) is 0.779. The Morgan fingerprint density at radius 3 is 2.64 bits per heavy atom. The first-order valence-electron chi connectivity index (χ1n) is 6.54. The SMILES string of the molecule is O=C(O)c1cc(OCc2ccc(-c3cccnc3)cc2)no1. The third-order valence-electron chi connectivity index (χ3n) is 3.03. The fraction of sp³-hybridized carbons (Fsp3) is 0.0625. The van der Waals surface area contributed by atoms with Crippen LogP contribution in [0.15, 0.2) is 59.4 Å². The van der Waals surface area contributed by atoms with Gasteiger partial charge in [0.05, 0.1) is 6.07 Å². The Morgan fingerprint density at radius 2 is 2.00 bits per heavy atom. The van der Waals surface area contributed by atoms with E-state index in [4.69, 9.17) is 9.84 Å². The number of carboxylic acids is 1. The summed E-state index contributed by atoms with van der Waals surface area (Å²) in [6, 6.07) is 12.9. The van der Waals surface area contributed by atoms with Crippen LogP contribution in [-0.2, 0) is 6.61 Å². The van der Waals surface area contributed by atoms with E-state index >= 15 is 0 Å². The molecule has 0 spiro atoms. The maximum absolute atomic E-state index is 10.7. The topological polar surface area (TPSA) is 85.5 Å². The van der Waals surface area contributed by atoms with Gasteiger partial charge in [-0.25, -0.2) is 4.79 Å². The van der Waals surface area contributed by atoms with Crippen molar-refractivity contribution < 1.29 is 19.2 Å². The molecule has 0 fully saturated rings. The predicted octanol–water partition coefficient (Wildman–Crippen LogP) is 3.01. The van der Waals surface area contributed by atoms with E-state index < -0.39 is 5.97 Å². The molecule has 0 aliphatic rings. The molecule has 6 heteroatoms. The molecule has 0 unspecified atom stereocenters. The van der Waals surface area contributed by atoms with E-state index in [1.807, 2.05) is 36.4 Å². The van der Waals surface area contributed by atoms with Crippen molar-refractivity contribution >= 4 is 5.97 Å². The first kappa shape index (κ1) is 13.8. The molecule has 6 nitrogen and oxygen atoms in total. The molecule has 0 radical (unpaired) electrons. The van der Waals surface area contributed by atoms with Crippen LogP contribution in [0.5, 0.6) is 5.88 Å². The standard InChI is InChI=1S/C16H12N2O4/c19-16(20)14-8-15(18-22-14)21-10-11-3-5-12(6-4-11)13-2-1-7-17-9-13/h1-9H,10H2,(H,19,20).